The largest absolute Gasteiger partial charge is 0.497 e. The van der Waals surface area contributed by atoms with Crippen molar-refractivity contribution >= 4 is 21.9 Å². The Hall–Kier alpha value is -4.06. The third-order valence-corrected chi connectivity index (χ3v) is 6.23. The highest BCUT2D eigenvalue weighted by atomic mass is 16.5. The van der Waals surface area contributed by atoms with Crippen LogP contribution in [0.1, 0.15) is 16.7 Å². The van der Waals surface area contributed by atoms with Crippen LogP contribution >= 0.6 is 0 Å². The summed E-state index contributed by atoms with van der Waals surface area (Å²) in [4.78, 5) is 27.6. The summed E-state index contributed by atoms with van der Waals surface area (Å²) < 4.78 is 10.3. The lowest BCUT2D eigenvalue weighted by Crippen LogP contribution is -2.39. The fourth-order valence-corrected chi connectivity index (χ4v) is 4.40. The van der Waals surface area contributed by atoms with Gasteiger partial charge in [0.05, 0.1) is 30.4 Å². The summed E-state index contributed by atoms with van der Waals surface area (Å²) in [5.74, 6) is 0.673. The molecular formula is C27H25N3O3. The highest BCUT2D eigenvalue weighted by molar-refractivity contribution is 6.06. The molecular weight excluding hydrogens is 414 g/mol. The van der Waals surface area contributed by atoms with E-state index >= 15 is 0 Å². The molecule has 2 aromatic heterocycles. The quantitative estimate of drug-likeness (QED) is 0.419. The van der Waals surface area contributed by atoms with E-state index in [1.165, 1.54) is 4.57 Å². The van der Waals surface area contributed by atoms with Gasteiger partial charge in [-0.15, -0.1) is 0 Å². The van der Waals surface area contributed by atoms with Gasteiger partial charge in [-0.25, -0.2) is 9.36 Å². The van der Waals surface area contributed by atoms with Crippen LogP contribution in [0.2, 0.25) is 0 Å². The zero-order chi connectivity index (χ0) is 23.3. The SMILES string of the molecule is COc1ccc2c(c1)c1c(c(=O)n(-c3ccc(C)cc3)c(=O)n1Cc1ccc(C)cc1)n2C. The number of ether oxygens (including phenoxy) is 1. The van der Waals surface area contributed by atoms with Crippen molar-refractivity contribution < 1.29 is 4.74 Å². The minimum absolute atomic E-state index is 0.336. The molecule has 0 aliphatic heterocycles. The molecule has 0 fully saturated rings. The van der Waals surface area contributed by atoms with Crippen molar-refractivity contribution in [2.45, 2.75) is 20.4 Å². The Bertz CT molecular complexity index is 1620. The summed E-state index contributed by atoms with van der Waals surface area (Å²) in [5.41, 5.74) is 5.00. The van der Waals surface area contributed by atoms with Crippen molar-refractivity contribution in [3.63, 3.8) is 0 Å². The van der Waals surface area contributed by atoms with Crippen LogP contribution in [0.3, 0.4) is 0 Å². The van der Waals surface area contributed by atoms with E-state index in [9.17, 15) is 9.59 Å². The average molecular weight is 440 g/mol. The van der Waals surface area contributed by atoms with E-state index in [1.54, 1.807) is 11.7 Å². The van der Waals surface area contributed by atoms with Crippen LogP contribution in [-0.4, -0.2) is 20.8 Å². The summed E-state index contributed by atoms with van der Waals surface area (Å²) in [6, 6.07) is 21.2. The molecule has 5 rings (SSSR count). The number of nitrogens with zero attached hydrogens (tertiary/aromatic N) is 3. The number of fused-ring (bicyclic) bond motifs is 3. The Labute approximate surface area is 190 Å². The smallest absolute Gasteiger partial charge is 0.336 e. The Kier molecular flexibility index (Phi) is 4.93. The summed E-state index contributed by atoms with van der Waals surface area (Å²) in [6.45, 7) is 4.35. The van der Waals surface area contributed by atoms with Crippen molar-refractivity contribution in [2.24, 2.45) is 7.05 Å². The van der Waals surface area contributed by atoms with E-state index in [-0.39, 0.29) is 11.2 Å². The van der Waals surface area contributed by atoms with E-state index < -0.39 is 0 Å². The first-order chi connectivity index (χ1) is 15.9. The predicted octanol–water partition coefficient (Wildman–Crippen LogP) is 4.32. The monoisotopic (exact) mass is 439 g/mol. The molecule has 6 nitrogen and oxygen atoms in total. The van der Waals surface area contributed by atoms with Gasteiger partial charge in [0, 0.05) is 12.4 Å². The normalized spacial score (nSPS) is 11.4. The van der Waals surface area contributed by atoms with Gasteiger partial charge in [-0.05, 0) is 49.7 Å². The molecule has 0 radical (unpaired) electrons. The van der Waals surface area contributed by atoms with Gasteiger partial charge >= 0.3 is 5.69 Å². The second kappa shape index (κ2) is 7.81. The molecule has 0 spiro atoms. The zero-order valence-corrected chi connectivity index (χ0v) is 19.1. The minimum Gasteiger partial charge on any atom is -0.497 e. The molecule has 166 valence electrons. The Morgan fingerprint density at radius 3 is 2.09 bits per heavy atom. The second-order valence-electron chi connectivity index (χ2n) is 8.47. The minimum atomic E-state index is -0.368. The van der Waals surface area contributed by atoms with Crippen LogP contribution < -0.4 is 16.0 Å². The molecule has 3 aromatic carbocycles. The molecule has 0 aliphatic rings. The van der Waals surface area contributed by atoms with Crippen molar-refractivity contribution in [1.29, 1.82) is 0 Å². The van der Waals surface area contributed by atoms with Crippen molar-refractivity contribution in [3.8, 4) is 11.4 Å². The summed E-state index contributed by atoms with van der Waals surface area (Å²) in [7, 11) is 3.47. The lowest BCUT2D eigenvalue weighted by Gasteiger charge is -2.14. The van der Waals surface area contributed by atoms with Gasteiger partial charge in [-0.1, -0.05) is 47.5 Å². The number of aryl methyl sites for hydroxylation is 3. The first kappa shape index (κ1) is 20.8. The van der Waals surface area contributed by atoms with E-state index in [2.05, 4.69) is 0 Å². The molecule has 0 amide bonds. The average Bonchev–Trinajstić information content (AvgIpc) is 3.11. The number of aromatic nitrogens is 3. The Morgan fingerprint density at radius 1 is 0.818 bits per heavy atom. The van der Waals surface area contributed by atoms with E-state index in [0.29, 0.717) is 29.0 Å². The number of benzene rings is 3. The molecule has 0 unspecified atom stereocenters. The van der Waals surface area contributed by atoms with Crippen LogP contribution in [0, 0.1) is 13.8 Å². The lowest BCUT2D eigenvalue weighted by molar-refractivity contribution is 0.415. The van der Waals surface area contributed by atoms with Crippen LogP contribution in [0.4, 0.5) is 0 Å². The molecule has 0 N–H and O–H groups in total. The lowest BCUT2D eigenvalue weighted by atomic mass is 10.1. The molecule has 5 aromatic rings. The highest BCUT2D eigenvalue weighted by Gasteiger charge is 2.21. The van der Waals surface area contributed by atoms with E-state index in [0.717, 1.165) is 27.6 Å². The fourth-order valence-electron chi connectivity index (χ4n) is 4.40. The van der Waals surface area contributed by atoms with Crippen molar-refractivity contribution in [3.05, 3.63) is 104 Å². The molecule has 0 saturated carbocycles. The Morgan fingerprint density at radius 2 is 1.45 bits per heavy atom. The van der Waals surface area contributed by atoms with Gasteiger partial charge < -0.3 is 9.30 Å². The van der Waals surface area contributed by atoms with E-state index in [1.807, 2.05) is 92.2 Å². The predicted molar refractivity (Wildman–Crippen MR) is 132 cm³/mol. The zero-order valence-electron chi connectivity index (χ0n) is 19.1. The number of rotatable bonds is 4. The maximum atomic E-state index is 13.9. The molecule has 6 heteroatoms. The topological polar surface area (TPSA) is 58.2 Å². The standard InChI is InChI=1S/C27H25N3O3/c1-17-5-9-19(10-6-17)16-29-24-22-15-21(33-4)13-14-23(22)28(3)25(24)26(31)30(27(29)32)20-11-7-18(2)8-12-20/h5-15H,16H2,1-4H3. The molecule has 0 atom stereocenters. The van der Waals surface area contributed by atoms with Crippen LogP contribution in [0.5, 0.6) is 5.75 Å². The third kappa shape index (κ3) is 3.35. The van der Waals surface area contributed by atoms with Gasteiger partial charge in [0.1, 0.15) is 11.3 Å². The first-order valence-corrected chi connectivity index (χ1v) is 10.8. The highest BCUT2D eigenvalue weighted by Crippen LogP contribution is 2.29. The van der Waals surface area contributed by atoms with Crippen LogP contribution in [-0.2, 0) is 13.6 Å². The molecule has 2 heterocycles. The van der Waals surface area contributed by atoms with E-state index in [4.69, 9.17) is 4.74 Å². The van der Waals surface area contributed by atoms with Gasteiger partial charge in [0.15, 0.2) is 0 Å². The fraction of sp³-hybridized carbons (Fsp3) is 0.185. The summed E-state index contributed by atoms with van der Waals surface area (Å²) in [5, 5.41) is 0.809. The van der Waals surface area contributed by atoms with Gasteiger partial charge in [-0.2, -0.15) is 0 Å². The van der Waals surface area contributed by atoms with Crippen molar-refractivity contribution in [2.75, 3.05) is 7.11 Å². The van der Waals surface area contributed by atoms with Crippen LogP contribution in [0.25, 0.3) is 27.6 Å². The van der Waals surface area contributed by atoms with Crippen molar-refractivity contribution in [1.82, 2.24) is 13.7 Å². The third-order valence-electron chi connectivity index (χ3n) is 6.23. The van der Waals surface area contributed by atoms with Gasteiger partial charge in [0.2, 0.25) is 0 Å². The maximum absolute atomic E-state index is 13.9. The molecule has 0 aliphatic carbocycles. The maximum Gasteiger partial charge on any atom is 0.336 e. The second-order valence-corrected chi connectivity index (χ2v) is 8.47. The molecule has 0 bridgehead atoms. The first-order valence-electron chi connectivity index (χ1n) is 10.8. The number of hydrogen-bond donors (Lipinski definition) is 0. The van der Waals surface area contributed by atoms with Gasteiger partial charge in [0.25, 0.3) is 5.56 Å². The van der Waals surface area contributed by atoms with Gasteiger partial charge in [-0.3, -0.25) is 9.36 Å². The summed E-state index contributed by atoms with van der Waals surface area (Å²) >= 11 is 0. The van der Waals surface area contributed by atoms with Crippen LogP contribution in [0.15, 0.2) is 76.3 Å². The Balaban J connectivity index is 1.92. The number of methoxy groups -OCH3 is 1. The molecule has 33 heavy (non-hydrogen) atoms. The number of hydrogen-bond acceptors (Lipinski definition) is 3. The molecule has 0 saturated heterocycles. The summed E-state index contributed by atoms with van der Waals surface area (Å²) in [6.07, 6.45) is 0.